The number of aryl methyl sites for hydroxylation is 1. The molecule has 1 aliphatic rings. The first-order valence-electron chi connectivity index (χ1n) is 8.74. The van der Waals surface area contributed by atoms with Gasteiger partial charge in [-0.25, -0.2) is 4.98 Å². The van der Waals surface area contributed by atoms with Crippen molar-refractivity contribution in [2.75, 3.05) is 11.4 Å². The van der Waals surface area contributed by atoms with E-state index in [9.17, 15) is 14.9 Å². The summed E-state index contributed by atoms with van der Waals surface area (Å²) in [6.45, 7) is 2.53. The molecule has 2 heterocycles. The van der Waals surface area contributed by atoms with Crippen molar-refractivity contribution in [2.24, 2.45) is 0 Å². The van der Waals surface area contributed by atoms with Crippen LogP contribution in [-0.4, -0.2) is 22.4 Å². The number of fused-ring (bicyclic) bond motifs is 1. The molecule has 0 saturated heterocycles. The van der Waals surface area contributed by atoms with E-state index in [-0.39, 0.29) is 11.6 Å². The van der Waals surface area contributed by atoms with Crippen molar-refractivity contribution in [1.29, 1.82) is 0 Å². The van der Waals surface area contributed by atoms with Gasteiger partial charge in [-0.3, -0.25) is 14.9 Å². The minimum atomic E-state index is -0.433. The van der Waals surface area contributed by atoms with E-state index in [1.807, 2.05) is 31.2 Å². The summed E-state index contributed by atoms with van der Waals surface area (Å²) in [6, 6.07) is 12.2. The molecule has 6 nitrogen and oxygen atoms in total. The SMILES string of the molecule is Cc1nc(CSc2ccc(C(=O)N3CCc4ccc([N+](=O)[O-])cc43)cc2)cs1. The summed E-state index contributed by atoms with van der Waals surface area (Å²) in [5.74, 6) is 0.659. The molecule has 0 radical (unpaired) electrons. The van der Waals surface area contributed by atoms with Gasteiger partial charge in [-0.2, -0.15) is 0 Å². The highest BCUT2D eigenvalue weighted by Gasteiger charge is 2.27. The molecule has 1 aromatic heterocycles. The van der Waals surface area contributed by atoms with Crippen LogP contribution >= 0.6 is 23.1 Å². The fourth-order valence-corrected chi connectivity index (χ4v) is 4.68. The van der Waals surface area contributed by atoms with Gasteiger partial charge in [0.25, 0.3) is 11.6 Å². The normalized spacial score (nSPS) is 12.8. The molecule has 2 aromatic carbocycles. The van der Waals surface area contributed by atoms with Gasteiger partial charge in [0.05, 0.1) is 21.3 Å². The standard InChI is InChI=1S/C20H17N3O3S2/c1-13-21-16(11-27-13)12-28-18-6-3-15(4-7-18)20(24)22-9-8-14-2-5-17(23(25)26)10-19(14)22/h2-7,10-11H,8-9,12H2,1H3. The van der Waals surface area contributed by atoms with Crippen LogP contribution in [-0.2, 0) is 12.2 Å². The molecule has 4 rings (SSSR count). The number of nitrogens with zero attached hydrogens (tertiary/aromatic N) is 3. The molecule has 1 amide bonds. The number of amides is 1. The second-order valence-electron chi connectivity index (χ2n) is 6.45. The lowest BCUT2D eigenvalue weighted by Gasteiger charge is -2.17. The van der Waals surface area contributed by atoms with Crippen LogP contribution in [0, 0.1) is 17.0 Å². The van der Waals surface area contributed by atoms with Crippen LogP contribution < -0.4 is 4.90 Å². The van der Waals surface area contributed by atoms with Crippen LogP contribution in [0.5, 0.6) is 0 Å². The molecule has 0 fully saturated rings. The summed E-state index contributed by atoms with van der Waals surface area (Å²) in [7, 11) is 0. The molecule has 0 N–H and O–H groups in total. The van der Waals surface area contributed by atoms with Gasteiger partial charge < -0.3 is 4.90 Å². The van der Waals surface area contributed by atoms with E-state index in [1.165, 1.54) is 12.1 Å². The Kier molecular flexibility index (Phi) is 5.15. The second kappa shape index (κ2) is 7.73. The molecule has 0 aliphatic carbocycles. The Bertz CT molecular complexity index is 1050. The van der Waals surface area contributed by atoms with Crippen molar-refractivity contribution in [2.45, 2.75) is 24.0 Å². The predicted octanol–water partition coefficient (Wildman–Crippen LogP) is 4.85. The third kappa shape index (κ3) is 3.79. The molecule has 0 unspecified atom stereocenters. The summed E-state index contributed by atoms with van der Waals surface area (Å²) in [5, 5.41) is 14.2. The summed E-state index contributed by atoms with van der Waals surface area (Å²) >= 11 is 3.32. The zero-order valence-electron chi connectivity index (χ0n) is 15.1. The van der Waals surface area contributed by atoms with Gasteiger partial charge in [0.15, 0.2) is 0 Å². The van der Waals surface area contributed by atoms with Crippen molar-refractivity contribution in [1.82, 2.24) is 4.98 Å². The quantitative estimate of drug-likeness (QED) is 0.341. The number of nitro groups is 1. The van der Waals surface area contributed by atoms with Gasteiger partial charge in [0, 0.05) is 40.3 Å². The number of hydrogen-bond donors (Lipinski definition) is 0. The third-order valence-electron chi connectivity index (χ3n) is 4.57. The predicted molar refractivity (Wildman–Crippen MR) is 111 cm³/mol. The lowest BCUT2D eigenvalue weighted by atomic mass is 10.1. The molecule has 0 atom stereocenters. The number of carbonyl (C=O) groups excluding carboxylic acids is 1. The maximum atomic E-state index is 12.9. The Morgan fingerprint density at radius 2 is 2.07 bits per heavy atom. The Balaban J connectivity index is 1.47. The number of rotatable bonds is 5. The smallest absolute Gasteiger partial charge is 0.271 e. The minimum absolute atomic E-state index is 0.00229. The molecule has 0 bridgehead atoms. The van der Waals surface area contributed by atoms with Crippen LogP contribution in [0.3, 0.4) is 0 Å². The molecular formula is C20H17N3O3S2. The minimum Gasteiger partial charge on any atom is -0.308 e. The van der Waals surface area contributed by atoms with Crippen LogP contribution in [0.2, 0.25) is 0 Å². The summed E-state index contributed by atoms with van der Waals surface area (Å²) in [5.41, 5.74) is 3.24. The Hall–Kier alpha value is -2.71. The van der Waals surface area contributed by atoms with Crippen molar-refractivity contribution >= 4 is 40.4 Å². The van der Waals surface area contributed by atoms with E-state index in [2.05, 4.69) is 10.4 Å². The fraction of sp³-hybridized carbons (Fsp3) is 0.200. The molecule has 3 aromatic rings. The summed E-state index contributed by atoms with van der Waals surface area (Å²) in [4.78, 5) is 30.7. The zero-order valence-corrected chi connectivity index (χ0v) is 16.8. The number of carbonyl (C=O) groups is 1. The van der Waals surface area contributed by atoms with Crippen LogP contribution in [0.25, 0.3) is 0 Å². The first kappa shape index (κ1) is 18.6. The van der Waals surface area contributed by atoms with E-state index in [0.29, 0.717) is 24.2 Å². The largest absolute Gasteiger partial charge is 0.308 e. The van der Waals surface area contributed by atoms with E-state index in [0.717, 1.165) is 26.9 Å². The average Bonchev–Trinajstić information content (AvgIpc) is 3.31. The van der Waals surface area contributed by atoms with Gasteiger partial charge in [-0.05, 0) is 43.2 Å². The highest BCUT2D eigenvalue weighted by atomic mass is 32.2. The van der Waals surface area contributed by atoms with Gasteiger partial charge in [-0.15, -0.1) is 23.1 Å². The lowest BCUT2D eigenvalue weighted by molar-refractivity contribution is -0.384. The zero-order chi connectivity index (χ0) is 19.7. The molecule has 0 saturated carbocycles. The third-order valence-corrected chi connectivity index (χ3v) is 6.44. The summed E-state index contributed by atoms with van der Waals surface area (Å²) in [6.07, 6.45) is 0.708. The fourth-order valence-electron chi connectivity index (χ4n) is 3.17. The van der Waals surface area contributed by atoms with E-state index >= 15 is 0 Å². The van der Waals surface area contributed by atoms with E-state index in [1.54, 1.807) is 34.1 Å². The van der Waals surface area contributed by atoms with Crippen LogP contribution in [0.1, 0.15) is 26.6 Å². The van der Waals surface area contributed by atoms with Crippen molar-refractivity contribution in [3.8, 4) is 0 Å². The highest BCUT2D eigenvalue weighted by molar-refractivity contribution is 7.98. The van der Waals surface area contributed by atoms with Gasteiger partial charge in [0.1, 0.15) is 0 Å². The highest BCUT2D eigenvalue weighted by Crippen LogP contribution is 2.33. The topological polar surface area (TPSA) is 76.3 Å². The summed E-state index contributed by atoms with van der Waals surface area (Å²) < 4.78 is 0. The Labute approximate surface area is 170 Å². The average molecular weight is 412 g/mol. The number of nitro benzene ring substituents is 1. The maximum absolute atomic E-state index is 12.9. The van der Waals surface area contributed by atoms with E-state index in [4.69, 9.17) is 0 Å². The molecule has 28 heavy (non-hydrogen) atoms. The first-order chi connectivity index (χ1) is 13.5. The number of hydrogen-bond acceptors (Lipinski definition) is 6. The number of benzene rings is 2. The van der Waals surface area contributed by atoms with E-state index < -0.39 is 4.92 Å². The second-order valence-corrected chi connectivity index (χ2v) is 8.56. The van der Waals surface area contributed by atoms with Gasteiger partial charge in [-0.1, -0.05) is 6.07 Å². The number of thiazole rings is 1. The molecular weight excluding hydrogens is 394 g/mol. The van der Waals surface area contributed by atoms with Gasteiger partial charge in [0.2, 0.25) is 0 Å². The van der Waals surface area contributed by atoms with Crippen LogP contribution in [0.4, 0.5) is 11.4 Å². The number of thioether (sulfide) groups is 1. The monoisotopic (exact) mass is 411 g/mol. The van der Waals surface area contributed by atoms with Gasteiger partial charge >= 0.3 is 0 Å². The maximum Gasteiger partial charge on any atom is 0.271 e. The lowest BCUT2D eigenvalue weighted by Crippen LogP contribution is -2.28. The number of aromatic nitrogens is 1. The van der Waals surface area contributed by atoms with Crippen molar-refractivity contribution in [3.63, 3.8) is 0 Å². The Morgan fingerprint density at radius 3 is 2.75 bits per heavy atom. The van der Waals surface area contributed by atoms with Crippen molar-refractivity contribution < 1.29 is 9.72 Å². The molecule has 8 heteroatoms. The van der Waals surface area contributed by atoms with Crippen LogP contribution in [0.15, 0.2) is 52.7 Å². The molecule has 0 spiro atoms. The number of anilines is 1. The molecule has 142 valence electrons. The Morgan fingerprint density at radius 1 is 1.29 bits per heavy atom. The first-order valence-corrected chi connectivity index (χ1v) is 10.6. The molecule has 1 aliphatic heterocycles. The number of non-ortho nitro benzene ring substituents is 1. The van der Waals surface area contributed by atoms with Crippen molar-refractivity contribution in [3.05, 3.63) is 79.8 Å².